The molecule has 21 heavy (non-hydrogen) atoms. The molecule has 2 unspecified atom stereocenters. The predicted molar refractivity (Wildman–Crippen MR) is 69.7 cm³/mol. The van der Waals surface area contributed by atoms with Crippen LogP contribution < -0.4 is 5.32 Å². The number of alkyl halides is 3. The Morgan fingerprint density at radius 1 is 1.57 bits per heavy atom. The van der Waals surface area contributed by atoms with Gasteiger partial charge in [-0.05, 0) is 33.2 Å². The van der Waals surface area contributed by atoms with Crippen LogP contribution in [0, 0.1) is 12.8 Å². The highest BCUT2D eigenvalue weighted by Gasteiger charge is 2.43. The zero-order chi connectivity index (χ0) is 15.6. The summed E-state index contributed by atoms with van der Waals surface area (Å²) in [5, 5.41) is 6.16. The van der Waals surface area contributed by atoms with Crippen LogP contribution in [0.15, 0.2) is 10.6 Å². The summed E-state index contributed by atoms with van der Waals surface area (Å²) in [5.41, 5.74) is 0.619. The molecular weight excluding hydrogens is 287 g/mol. The van der Waals surface area contributed by atoms with Crippen LogP contribution in [0.2, 0.25) is 0 Å². The highest BCUT2D eigenvalue weighted by atomic mass is 19.4. The molecule has 2 rings (SSSR count). The number of nitrogens with one attached hydrogen (secondary N) is 1. The molecule has 1 N–H and O–H groups in total. The fourth-order valence-electron chi connectivity index (χ4n) is 2.44. The van der Waals surface area contributed by atoms with Crippen LogP contribution in [0.1, 0.15) is 25.5 Å². The average Bonchev–Trinajstić information content (AvgIpc) is 2.82. The summed E-state index contributed by atoms with van der Waals surface area (Å²) in [7, 11) is 0. The first-order valence-electron chi connectivity index (χ1n) is 6.82. The molecule has 1 fully saturated rings. The van der Waals surface area contributed by atoms with Crippen LogP contribution in [-0.4, -0.2) is 41.3 Å². The third-order valence-electron chi connectivity index (χ3n) is 3.72. The van der Waals surface area contributed by atoms with Gasteiger partial charge in [0.15, 0.2) is 0 Å². The van der Waals surface area contributed by atoms with Crippen molar-refractivity contribution in [3.63, 3.8) is 0 Å². The molecule has 0 radical (unpaired) electrons. The van der Waals surface area contributed by atoms with Gasteiger partial charge in [0.2, 0.25) is 11.8 Å². The van der Waals surface area contributed by atoms with Crippen molar-refractivity contribution in [1.82, 2.24) is 10.1 Å². The molecular formula is C13H18F3N3O2. The van der Waals surface area contributed by atoms with E-state index in [1.54, 1.807) is 24.8 Å². The smallest absolute Gasteiger partial charge is 0.338 e. The van der Waals surface area contributed by atoms with Gasteiger partial charge >= 0.3 is 6.18 Å². The first-order chi connectivity index (χ1) is 9.77. The number of amides is 1. The molecule has 0 aliphatic carbocycles. The maximum atomic E-state index is 12.8. The van der Waals surface area contributed by atoms with E-state index < -0.39 is 24.0 Å². The van der Waals surface area contributed by atoms with Gasteiger partial charge in [0.05, 0.1) is 17.7 Å². The second-order valence-corrected chi connectivity index (χ2v) is 5.37. The first-order valence-corrected chi connectivity index (χ1v) is 6.82. The summed E-state index contributed by atoms with van der Waals surface area (Å²) >= 11 is 0. The van der Waals surface area contributed by atoms with E-state index in [0.717, 1.165) is 0 Å². The van der Waals surface area contributed by atoms with Gasteiger partial charge in [-0.2, -0.15) is 13.2 Å². The van der Waals surface area contributed by atoms with E-state index >= 15 is 0 Å². The summed E-state index contributed by atoms with van der Waals surface area (Å²) in [4.78, 5) is 13.6. The standard InChI is InChI=1S/C13H18F3N3O2/c1-8-6-11(21-18-8)17-12(20)9(2)19-5-3-4-10(7-19)13(14,15)16/h6,9-10H,3-5,7H2,1-2H3,(H,17,20). The van der Waals surface area contributed by atoms with Gasteiger partial charge in [-0.15, -0.1) is 0 Å². The third-order valence-corrected chi connectivity index (χ3v) is 3.72. The van der Waals surface area contributed by atoms with Gasteiger partial charge in [-0.3, -0.25) is 15.0 Å². The highest BCUT2D eigenvalue weighted by Crippen LogP contribution is 2.33. The van der Waals surface area contributed by atoms with Crippen molar-refractivity contribution >= 4 is 11.8 Å². The summed E-state index contributed by atoms with van der Waals surface area (Å²) in [5.74, 6) is -1.56. The van der Waals surface area contributed by atoms with Gasteiger partial charge < -0.3 is 4.52 Å². The number of likely N-dealkylation sites (tertiary alicyclic amines) is 1. The number of carbonyl (C=O) groups is 1. The lowest BCUT2D eigenvalue weighted by atomic mass is 9.96. The molecule has 1 aromatic heterocycles. The third kappa shape index (κ3) is 3.96. The summed E-state index contributed by atoms with van der Waals surface area (Å²) in [6, 6.07) is 0.903. The number of halogens is 3. The van der Waals surface area contributed by atoms with E-state index in [1.165, 1.54) is 0 Å². The lowest BCUT2D eigenvalue weighted by molar-refractivity contribution is -0.188. The highest BCUT2D eigenvalue weighted by molar-refractivity contribution is 5.93. The summed E-state index contributed by atoms with van der Waals surface area (Å²) < 4.78 is 43.2. The van der Waals surface area contributed by atoms with Crippen LogP contribution in [0.3, 0.4) is 0 Å². The fourth-order valence-corrected chi connectivity index (χ4v) is 2.44. The van der Waals surface area contributed by atoms with Crippen LogP contribution in [0.25, 0.3) is 0 Å². The Morgan fingerprint density at radius 2 is 2.29 bits per heavy atom. The number of hydrogen-bond acceptors (Lipinski definition) is 4. The van der Waals surface area contributed by atoms with E-state index in [2.05, 4.69) is 10.5 Å². The number of carbonyl (C=O) groups excluding carboxylic acids is 1. The largest absolute Gasteiger partial charge is 0.393 e. The minimum Gasteiger partial charge on any atom is -0.338 e. The van der Waals surface area contributed by atoms with Crippen molar-refractivity contribution in [3.8, 4) is 0 Å². The lowest BCUT2D eigenvalue weighted by Crippen LogP contribution is -2.49. The maximum Gasteiger partial charge on any atom is 0.393 e. The van der Waals surface area contributed by atoms with Crippen LogP contribution in [-0.2, 0) is 4.79 Å². The molecule has 8 heteroatoms. The van der Waals surface area contributed by atoms with Crippen LogP contribution in [0.4, 0.5) is 19.1 Å². The van der Waals surface area contributed by atoms with Gasteiger partial charge in [-0.25, -0.2) is 0 Å². The van der Waals surface area contributed by atoms with Crippen molar-refractivity contribution < 1.29 is 22.5 Å². The van der Waals surface area contributed by atoms with E-state index in [-0.39, 0.29) is 18.8 Å². The van der Waals surface area contributed by atoms with E-state index in [0.29, 0.717) is 18.7 Å². The van der Waals surface area contributed by atoms with E-state index in [9.17, 15) is 18.0 Å². The molecule has 0 bridgehead atoms. The molecule has 5 nitrogen and oxygen atoms in total. The summed E-state index contributed by atoms with van der Waals surface area (Å²) in [6.45, 7) is 3.64. The quantitative estimate of drug-likeness (QED) is 0.932. The predicted octanol–water partition coefficient (Wildman–Crippen LogP) is 2.58. The van der Waals surface area contributed by atoms with Crippen LogP contribution in [0.5, 0.6) is 0 Å². The van der Waals surface area contributed by atoms with Gasteiger partial charge in [-0.1, -0.05) is 5.16 Å². The number of rotatable bonds is 3. The number of nitrogens with zero attached hydrogens (tertiary/aromatic N) is 2. The zero-order valence-corrected chi connectivity index (χ0v) is 11.9. The molecule has 1 aliphatic heterocycles. The van der Waals surface area contributed by atoms with Gasteiger partial charge in [0, 0.05) is 12.6 Å². The Labute approximate surface area is 120 Å². The second-order valence-electron chi connectivity index (χ2n) is 5.37. The van der Waals surface area contributed by atoms with Gasteiger partial charge in [0.25, 0.3) is 0 Å². The van der Waals surface area contributed by atoms with E-state index in [1.807, 2.05) is 0 Å². The number of anilines is 1. The molecule has 118 valence electrons. The fraction of sp³-hybridized carbons (Fsp3) is 0.692. The SMILES string of the molecule is Cc1cc(NC(=O)C(C)N2CCCC(C(F)(F)F)C2)on1. The first kappa shape index (κ1) is 15.8. The van der Waals surface area contributed by atoms with Crippen molar-refractivity contribution in [2.75, 3.05) is 18.4 Å². The minimum absolute atomic E-state index is 0.121. The molecule has 2 atom stereocenters. The molecule has 1 amide bonds. The Bertz CT molecular complexity index is 501. The van der Waals surface area contributed by atoms with Crippen molar-refractivity contribution in [2.24, 2.45) is 5.92 Å². The lowest BCUT2D eigenvalue weighted by Gasteiger charge is -2.36. The molecule has 0 saturated carbocycles. The molecule has 1 aromatic rings. The molecule has 0 aromatic carbocycles. The zero-order valence-electron chi connectivity index (χ0n) is 11.9. The number of aryl methyl sites for hydroxylation is 1. The maximum absolute atomic E-state index is 12.8. The van der Waals surface area contributed by atoms with Crippen molar-refractivity contribution in [3.05, 3.63) is 11.8 Å². The topological polar surface area (TPSA) is 58.4 Å². The molecule has 1 saturated heterocycles. The number of aromatic nitrogens is 1. The average molecular weight is 305 g/mol. The van der Waals surface area contributed by atoms with Gasteiger partial charge in [0.1, 0.15) is 0 Å². The monoisotopic (exact) mass is 305 g/mol. The molecule has 0 spiro atoms. The van der Waals surface area contributed by atoms with Crippen LogP contribution >= 0.6 is 0 Å². The number of hydrogen-bond donors (Lipinski definition) is 1. The second kappa shape index (κ2) is 6.05. The van der Waals surface area contributed by atoms with E-state index in [4.69, 9.17) is 4.52 Å². The Kier molecular flexibility index (Phi) is 4.55. The number of piperidine rings is 1. The normalized spacial score (nSPS) is 22.0. The minimum atomic E-state index is -4.21. The van der Waals surface area contributed by atoms with Crippen molar-refractivity contribution in [1.29, 1.82) is 0 Å². The Morgan fingerprint density at radius 3 is 2.86 bits per heavy atom. The molecule has 1 aliphatic rings. The molecule has 2 heterocycles. The summed E-state index contributed by atoms with van der Waals surface area (Å²) in [6.07, 6.45) is -3.66. The Hall–Kier alpha value is -1.57. The Balaban J connectivity index is 1.95. The van der Waals surface area contributed by atoms with Crippen molar-refractivity contribution in [2.45, 2.75) is 38.9 Å².